The Morgan fingerprint density at radius 2 is 2.10 bits per heavy atom. The quantitative estimate of drug-likeness (QED) is 0.896. The third-order valence-corrected chi connectivity index (χ3v) is 4.31. The van der Waals surface area contributed by atoms with E-state index in [0.29, 0.717) is 17.6 Å². The minimum absolute atomic E-state index is 0.0262. The summed E-state index contributed by atoms with van der Waals surface area (Å²) in [5.74, 6) is 0.0262. The summed E-state index contributed by atoms with van der Waals surface area (Å²) < 4.78 is 0. The molecule has 1 amide bonds. The lowest BCUT2D eigenvalue weighted by molar-refractivity contribution is -0.117. The first-order valence-corrected chi connectivity index (χ1v) is 7.42. The molecule has 5 heteroatoms. The molecule has 0 saturated carbocycles. The molecule has 1 saturated heterocycles. The number of likely N-dealkylation sites (tertiary alicyclic amines) is 1. The average molecular weight is 296 g/mol. The predicted octanol–water partition coefficient (Wildman–Crippen LogP) is 2.27. The van der Waals surface area contributed by atoms with Crippen LogP contribution in [-0.4, -0.2) is 43.5 Å². The van der Waals surface area contributed by atoms with Crippen molar-refractivity contribution in [2.75, 3.05) is 32.0 Å². The smallest absolute Gasteiger partial charge is 0.238 e. The van der Waals surface area contributed by atoms with E-state index in [2.05, 4.69) is 15.5 Å². The van der Waals surface area contributed by atoms with Crippen molar-refractivity contribution in [3.8, 4) is 0 Å². The minimum atomic E-state index is 0.0262. The molecular weight excluding hydrogens is 274 g/mol. The first kappa shape index (κ1) is 15.3. The second-order valence-corrected chi connectivity index (χ2v) is 5.71. The lowest BCUT2D eigenvalue weighted by Gasteiger charge is -2.31. The summed E-state index contributed by atoms with van der Waals surface area (Å²) in [4.78, 5) is 14.3. The van der Waals surface area contributed by atoms with Crippen LogP contribution in [0.2, 0.25) is 5.02 Å². The van der Waals surface area contributed by atoms with E-state index in [4.69, 9.17) is 11.6 Å². The van der Waals surface area contributed by atoms with E-state index in [1.54, 1.807) is 0 Å². The van der Waals surface area contributed by atoms with Gasteiger partial charge in [-0.1, -0.05) is 17.7 Å². The van der Waals surface area contributed by atoms with Gasteiger partial charge in [0.2, 0.25) is 5.91 Å². The number of nitrogens with one attached hydrogen (secondary N) is 2. The van der Waals surface area contributed by atoms with Crippen LogP contribution in [0.1, 0.15) is 18.4 Å². The number of hydrogen-bond acceptors (Lipinski definition) is 3. The van der Waals surface area contributed by atoms with Gasteiger partial charge in [-0.3, -0.25) is 9.69 Å². The number of carbonyl (C=O) groups is 1. The van der Waals surface area contributed by atoms with Gasteiger partial charge < -0.3 is 10.6 Å². The van der Waals surface area contributed by atoms with Gasteiger partial charge in [0.1, 0.15) is 0 Å². The summed E-state index contributed by atoms with van der Waals surface area (Å²) in [6, 6.07) is 6.15. The van der Waals surface area contributed by atoms with Crippen LogP contribution in [0.3, 0.4) is 0 Å². The van der Waals surface area contributed by atoms with Gasteiger partial charge in [-0.2, -0.15) is 0 Å². The average Bonchev–Trinajstić information content (AvgIpc) is 2.45. The predicted molar refractivity (Wildman–Crippen MR) is 83.3 cm³/mol. The number of anilines is 1. The Kier molecular flexibility index (Phi) is 5.40. The van der Waals surface area contributed by atoms with E-state index in [1.807, 2.05) is 32.2 Å². The Labute approximate surface area is 125 Å². The Morgan fingerprint density at radius 3 is 2.75 bits per heavy atom. The third kappa shape index (κ3) is 3.95. The summed E-state index contributed by atoms with van der Waals surface area (Å²) in [6.07, 6.45) is 2.19. The van der Waals surface area contributed by atoms with Crippen molar-refractivity contribution in [2.24, 2.45) is 0 Å². The molecule has 1 heterocycles. The first-order chi connectivity index (χ1) is 9.60. The number of hydrogen-bond donors (Lipinski definition) is 2. The zero-order valence-electron chi connectivity index (χ0n) is 12.1. The van der Waals surface area contributed by atoms with E-state index in [9.17, 15) is 4.79 Å². The Hall–Kier alpha value is -1.10. The van der Waals surface area contributed by atoms with Crippen molar-refractivity contribution in [1.29, 1.82) is 0 Å². The molecule has 4 nitrogen and oxygen atoms in total. The van der Waals surface area contributed by atoms with Crippen LogP contribution in [0.5, 0.6) is 0 Å². The van der Waals surface area contributed by atoms with Crippen LogP contribution in [0.15, 0.2) is 18.2 Å². The number of piperidine rings is 1. The highest BCUT2D eigenvalue weighted by Gasteiger charge is 2.19. The van der Waals surface area contributed by atoms with Gasteiger partial charge >= 0.3 is 0 Å². The van der Waals surface area contributed by atoms with Crippen molar-refractivity contribution in [3.63, 3.8) is 0 Å². The maximum Gasteiger partial charge on any atom is 0.238 e. The highest BCUT2D eigenvalue weighted by atomic mass is 35.5. The zero-order chi connectivity index (χ0) is 14.5. The summed E-state index contributed by atoms with van der Waals surface area (Å²) >= 11 is 6.05. The summed E-state index contributed by atoms with van der Waals surface area (Å²) in [5.41, 5.74) is 1.71. The molecule has 1 aliphatic rings. The Balaban J connectivity index is 1.85. The van der Waals surface area contributed by atoms with Gasteiger partial charge in [0.05, 0.1) is 6.54 Å². The fourth-order valence-electron chi connectivity index (χ4n) is 2.52. The molecule has 0 unspecified atom stereocenters. The summed E-state index contributed by atoms with van der Waals surface area (Å²) in [6.45, 7) is 4.29. The molecule has 1 aliphatic heterocycles. The van der Waals surface area contributed by atoms with Gasteiger partial charge in [0.15, 0.2) is 0 Å². The normalized spacial score (nSPS) is 17.1. The van der Waals surface area contributed by atoms with E-state index in [-0.39, 0.29) is 5.91 Å². The largest absolute Gasteiger partial charge is 0.325 e. The molecule has 0 atom stereocenters. The molecule has 110 valence electrons. The molecule has 1 aromatic rings. The van der Waals surface area contributed by atoms with E-state index < -0.39 is 0 Å². The third-order valence-electron chi connectivity index (χ3n) is 3.90. The van der Waals surface area contributed by atoms with E-state index >= 15 is 0 Å². The number of halogens is 1. The van der Waals surface area contributed by atoms with Crippen molar-refractivity contribution in [1.82, 2.24) is 10.2 Å². The van der Waals surface area contributed by atoms with E-state index in [0.717, 1.165) is 37.2 Å². The van der Waals surface area contributed by atoms with Crippen LogP contribution in [0.25, 0.3) is 0 Å². The van der Waals surface area contributed by atoms with E-state index in [1.165, 1.54) is 0 Å². The van der Waals surface area contributed by atoms with Gasteiger partial charge in [-0.25, -0.2) is 0 Å². The second-order valence-electron chi connectivity index (χ2n) is 5.30. The maximum atomic E-state index is 12.1. The standard InChI is InChI=1S/C15H22ClN3O/c1-11-13(16)4-3-5-14(11)18-15(20)10-19-8-6-12(17-2)7-9-19/h3-5,12,17H,6-10H2,1-2H3,(H,18,20). The zero-order valence-corrected chi connectivity index (χ0v) is 12.8. The highest BCUT2D eigenvalue weighted by molar-refractivity contribution is 6.31. The Morgan fingerprint density at radius 1 is 1.40 bits per heavy atom. The van der Waals surface area contributed by atoms with Gasteiger partial charge in [0, 0.05) is 29.8 Å². The molecule has 0 bridgehead atoms. The van der Waals surface area contributed by atoms with Gasteiger partial charge in [0.25, 0.3) is 0 Å². The molecule has 2 N–H and O–H groups in total. The molecule has 0 radical (unpaired) electrons. The molecule has 1 aromatic carbocycles. The van der Waals surface area contributed by atoms with Crippen molar-refractivity contribution in [3.05, 3.63) is 28.8 Å². The monoisotopic (exact) mass is 295 g/mol. The van der Waals surface area contributed by atoms with Crippen LogP contribution in [-0.2, 0) is 4.79 Å². The second kappa shape index (κ2) is 7.07. The molecule has 1 fully saturated rings. The number of rotatable bonds is 4. The molecule has 0 aliphatic carbocycles. The number of nitrogens with zero attached hydrogens (tertiary/aromatic N) is 1. The topological polar surface area (TPSA) is 44.4 Å². The lowest BCUT2D eigenvalue weighted by atomic mass is 10.1. The fraction of sp³-hybridized carbons (Fsp3) is 0.533. The summed E-state index contributed by atoms with van der Waals surface area (Å²) in [7, 11) is 1.99. The minimum Gasteiger partial charge on any atom is -0.325 e. The summed E-state index contributed by atoms with van der Waals surface area (Å²) in [5, 5.41) is 6.91. The first-order valence-electron chi connectivity index (χ1n) is 7.04. The molecule has 0 spiro atoms. The van der Waals surface area contributed by atoms with Crippen molar-refractivity contribution >= 4 is 23.2 Å². The number of benzene rings is 1. The fourth-order valence-corrected chi connectivity index (χ4v) is 2.69. The Bertz CT molecular complexity index is 470. The lowest BCUT2D eigenvalue weighted by Crippen LogP contribution is -2.44. The molecule has 0 aromatic heterocycles. The SMILES string of the molecule is CNC1CCN(CC(=O)Nc2cccc(Cl)c2C)CC1. The number of amides is 1. The van der Waals surface area contributed by atoms with Crippen molar-refractivity contribution < 1.29 is 4.79 Å². The van der Waals surface area contributed by atoms with Crippen LogP contribution >= 0.6 is 11.6 Å². The van der Waals surface area contributed by atoms with Crippen molar-refractivity contribution in [2.45, 2.75) is 25.8 Å². The van der Waals surface area contributed by atoms with Crippen LogP contribution in [0.4, 0.5) is 5.69 Å². The van der Waals surface area contributed by atoms with Gasteiger partial charge in [-0.15, -0.1) is 0 Å². The van der Waals surface area contributed by atoms with Gasteiger partial charge in [-0.05, 0) is 44.5 Å². The molecule has 20 heavy (non-hydrogen) atoms. The van der Waals surface area contributed by atoms with Crippen LogP contribution in [0, 0.1) is 6.92 Å². The highest BCUT2D eigenvalue weighted by Crippen LogP contribution is 2.22. The van der Waals surface area contributed by atoms with Crippen LogP contribution < -0.4 is 10.6 Å². The maximum absolute atomic E-state index is 12.1. The molecule has 2 rings (SSSR count). The number of carbonyl (C=O) groups excluding carboxylic acids is 1. The molecular formula is C15H22ClN3O.